The van der Waals surface area contributed by atoms with Crippen molar-refractivity contribution in [1.29, 1.82) is 0 Å². The Morgan fingerprint density at radius 2 is 1.95 bits per heavy atom. The summed E-state index contributed by atoms with van der Waals surface area (Å²) in [6, 6.07) is 6.00. The van der Waals surface area contributed by atoms with Crippen LogP contribution in [0.5, 0.6) is 5.75 Å². The Kier molecular flexibility index (Phi) is 8.09. The van der Waals surface area contributed by atoms with E-state index in [2.05, 4.69) is 26.1 Å². The van der Waals surface area contributed by atoms with Crippen molar-refractivity contribution in [2.45, 2.75) is 46.3 Å². The third kappa shape index (κ3) is 5.50. The summed E-state index contributed by atoms with van der Waals surface area (Å²) in [4.78, 5) is 0. The smallest absolute Gasteiger partial charge is 0.122 e. The number of benzene rings is 1. The van der Waals surface area contributed by atoms with Crippen LogP contribution in [0.3, 0.4) is 0 Å². The molecule has 1 N–H and O–H groups in total. The highest BCUT2D eigenvalue weighted by atomic mass is 35.5. The lowest BCUT2D eigenvalue weighted by Gasteiger charge is -2.31. The van der Waals surface area contributed by atoms with Crippen LogP contribution in [0.15, 0.2) is 18.2 Å². The van der Waals surface area contributed by atoms with Gasteiger partial charge in [-0.25, -0.2) is 0 Å². The van der Waals surface area contributed by atoms with Crippen LogP contribution >= 0.6 is 11.6 Å². The quantitative estimate of drug-likeness (QED) is 0.749. The first-order valence-corrected chi connectivity index (χ1v) is 8.08. The number of halogens is 1. The molecule has 0 aromatic heterocycles. The molecule has 3 nitrogen and oxygen atoms in total. The zero-order valence-electron chi connectivity index (χ0n) is 13.8. The van der Waals surface area contributed by atoms with Gasteiger partial charge in [0.1, 0.15) is 5.75 Å². The molecule has 0 aliphatic carbocycles. The molecule has 1 aromatic carbocycles. The predicted molar refractivity (Wildman–Crippen MR) is 89.4 cm³/mol. The average Bonchev–Trinajstić information content (AvgIpc) is 2.44. The van der Waals surface area contributed by atoms with Gasteiger partial charge in [-0.1, -0.05) is 32.4 Å². The molecule has 0 fully saturated rings. The van der Waals surface area contributed by atoms with Crippen molar-refractivity contribution in [3.8, 4) is 5.75 Å². The fraction of sp³-hybridized carbons (Fsp3) is 0.647. The number of ether oxygens (including phenoxy) is 2. The molecule has 0 radical (unpaired) electrons. The van der Waals surface area contributed by atoms with E-state index in [4.69, 9.17) is 21.1 Å². The van der Waals surface area contributed by atoms with Crippen LogP contribution in [0, 0.1) is 5.92 Å². The van der Waals surface area contributed by atoms with Crippen molar-refractivity contribution in [2.24, 2.45) is 5.92 Å². The van der Waals surface area contributed by atoms with Crippen LogP contribution in [0.2, 0.25) is 5.02 Å². The normalized spacial score (nSPS) is 14.2. The lowest BCUT2D eigenvalue weighted by Crippen LogP contribution is -2.45. The van der Waals surface area contributed by atoms with E-state index in [1.54, 1.807) is 7.11 Å². The van der Waals surface area contributed by atoms with E-state index in [0.29, 0.717) is 5.92 Å². The summed E-state index contributed by atoms with van der Waals surface area (Å²) >= 11 is 6.13. The molecule has 120 valence electrons. The second-order valence-corrected chi connectivity index (χ2v) is 5.92. The third-order valence-electron chi connectivity index (χ3n) is 3.56. The maximum absolute atomic E-state index is 6.13. The van der Waals surface area contributed by atoms with Gasteiger partial charge >= 0.3 is 0 Å². The van der Waals surface area contributed by atoms with E-state index in [9.17, 15) is 0 Å². The van der Waals surface area contributed by atoms with Gasteiger partial charge in [-0.3, -0.25) is 0 Å². The number of hydrogen-bond donors (Lipinski definition) is 1. The number of rotatable bonds is 9. The van der Waals surface area contributed by atoms with Gasteiger partial charge in [-0.2, -0.15) is 0 Å². The number of hydrogen-bond acceptors (Lipinski definition) is 3. The second kappa shape index (κ2) is 9.29. The van der Waals surface area contributed by atoms with Gasteiger partial charge in [0.2, 0.25) is 0 Å². The van der Waals surface area contributed by atoms with E-state index < -0.39 is 0 Å². The number of likely N-dealkylation sites (N-methyl/N-ethyl adjacent to an activating group) is 1. The first-order chi connectivity index (χ1) is 10.0. The Labute approximate surface area is 134 Å². The molecule has 0 heterocycles. The minimum Gasteiger partial charge on any atom is -0.496 e. The summed E-state index contributed by atoms with van der Waals surface area (Å²) in [6.45, 7) is 10.2. The molecule has 2 unspecified atom stereocenters. The molecule has 0 amide bonds. The maximum Gasteiger partial charge on any atom is 0.122 e. The minimum atomic E-state index is 0.165. The fourth-order valence-corrected chi connectivity index (χ4v) is 2.87. The Bertz CT molecular complexity index is 423. The summed E-state index contributed by atoms with van der Waals surface area (Å²) in [7, 11) is 1.69. The standard InChI is InChI=1S/C17H28ClNO2/c1-6-19-15(17(12(3)4)21-7-2)11-13-10-14(18)8-9-16(13)20-5/h8-10,12,15,17,19H,6-7,11H2,1-5H3. The maximum atomic E-state index is 6.13. The summed E-state index contributed by atoms with van der Waals surface area (Å²) in [6.07, 6.45) is 0.999. The monoisotopic (exact) mass is 313 g/mol. The Balaban J connectivity index is 2.98. The highest BCUT2D eigenvalue weighted by molar-refractivity contribution is 6.30. The Morgan fingerprint density at radius 3 is 2.48 bits per heavy atom. The van der Waals surface area contributed by atoms with Crippen LogP contribution in [0.4, 0.5) is 0 Å². The van der Waals surface area contributed by atoms with E-state index in [0.717, 1.165) is 35.9 Å². The Morgan fingerprint density at radius 1 is 1.24 bits per heavy atom. The number of nitrogens with one attached hydrogen (secondary N) is 1. The van der Waals surface area contributed by atoms with Gasteiger partial charge in [-0.15, -0.1) is 0 Å². The van der Waals surface area contributed by atoms with Crippen LogP contribution in [-0.2, 0) is 11.2 Å². The summed E-state index contributed by atoms with van der Waals surface area (Å²) < 4.78 is 11.4. The lowest BCUT2D eigenvalue weighted by molar-refractivity contribution is 0.00385. The molecule has 0 bridgehead atoms. The molecule has 0 saturated heterocycles. The van der Waals surface area contributed by atoms with E-state index in [-0.39, 0.29) is 12.1 Å². The van der Waals surface area contributed by atoms with E-state index in [1.165, 1.54) is 0 Å². The molecular weight excluding hydrogens is 286 g/mol. The van der Waals surface area contributed by atoms with Crippen molar-refractivity contribution in [3.05, 3.63) is 28.8 Å². The molecule has 0 saturated carbocycles. The fourth-order valence-electron chi connectivity index (χ4n) is 2.68. The first-order valence-electron chi connectivity index (χ1n) is 7.70. The zero-order chi connectivity index (χ0) is 15.8. The summed E-state index contributed by atoms with van der Waals surface area (Å²) in [5.74, 6) is 1.32. The molecule has 2 atom stereocenters. The highest BCUT2D eigenvalue weighted by Crippen LogP contribution is 2.26. The number of methoxy groups -OCH3 is 1. The van der Waals surface area contributed by atoms with Crippen LogP contribution in [0.25, 0.3) is 0 Å². The average molecular weight is 314 g/mol. The van der Waals surface area contributed by atoms with E-state index in [1.807, 2.05) is 25.1 Å². The highest BCUT2D eigenvalue weighted by Gasteiger charge is 2.25. The van der Waals surface area contributed by atoms with Gasteiger partial charge in [0.15, 0.2) is 0 Å². The lowest BCUT2D eigenvalue weighted by atomic mass is 9.93. The molecule has 1 rings (SSSR count). The molecule has 21 heavy (non-hydrogen) atoms. The minimum absolute atomic E-state index is 0.165. The molecule has 4 heteroatoms. The summed E-state index contributed by atoms with van der Waals surface area (Å²) in [5, 5.41) is 4.28. The van der Waals surface area contributed by atoms with Crippen molar-refractivity contribution >= 4 is 11.6 Å². The SMILES string of the molecule is CCNC(Cc1cc(Cl)ccc1OC)C(OCC)C(C)C. The van der Waals surface area contributed by atoms with E-state index >= 15 is 0 Å². The van der Waals surface area contributed by atoms with Gasteiger partial charge in [0, 0.05) is 17.7 Å². The van der Waals surface area contributed by atoms with Gasteiger partial charge in [-0.05, 0) is 49.6 Å². The van der Waals surface area contributed by atoms with Gasteiger partial charge < -0.3 is 14.8 Å². The molecule has 0 aliphatic heterocycles. The zero-order valence-corrected chi connectivity index (χ0v) is 14.5. The second-order valence-electron chi connectivity index (χ2n) is 5.49. The van der Waals surface area contributed by atoms with Gasteiger partial charge in [0.05, 0.1) is 13.2 Å². The molecule has 0 spiro atoms. The third-order valence-corrected chi connectivity index (χ3v) is 3.80. The largest absolute Gasteiger partial charge is 0.496 e. The first kappa shape index (κ1) is 18.3. The van der Waals surface area contributed by atoms with Crippen molar-refractivity contribution < 1.29 is 9.47 Å². The molecule has 0 aliphatic rings. The topological polar surface area (TPSA) is 30.5 Å². The van der Waals surface area contributed by atoms with Crippen molar-refractivity contribution in [2.75, 3.05) is 20.3 Å². The molecular formula is C17H28ClNO2. The van der Waals surface area contributed by atoms with Gasteiger partial charge in [0.25, 0.3) is 0 Å². The Hall–Kier alpha value is -0.770. The van der Waals surface area contributed by atoms with Crippen LogP contribution < -0.4 is 10.1 Å². The predicted octanol–water partition coefficient (Wildman–Crippen LogP) is 3.93. The van der Waals surface area contributed by atoms with Crippen LogP contribution in [0.1, 0.15) is 33.3 Å². The summed E-state index contributed by atoms with van der Waals surface area (Å²) in [5.41, 5.74) is 1.11. The van der Waals surface area contributed by atoms with Crippen LogP contribution in [-0.4, -0.2) is 32.4 Å². The molecule has 1 aromatic rings. The van der Waals surface area contributed by atoms with Crippen molar-refractivity contribution in [3.63, 3.8) is 0 Å². The van der Waals surface area contributed by atoms with Crippen molar-refractivity contribution in [1.82, 2.24) is 5.32 Å².